The Morgan fingerprint density at radius 3 is 2.45 bits per heavy atom. The summed E-state index contributed by atoms with van der Waals surface area (Å²) in [6, 6.07) is -0.443. The second-order valence-corrected chi connectivity index (χ2v) is 5.26. The van der Waals surface area contributed by atoms with Crippen molar-refractivity contribution in [3.63, 3.8) is 0 Å². The predicted molar refractivity (Wildman–Crippen MR) is 78.0 cm³/mol. The Balaban J connectivity index is 2.22. The molecule has 1 atom stereocenters. The molecule has 0 saturated carbocycles. The molecule has 2 aromatic rings. The van der Waals surface area contributed by atoms with Crippen molar-refractivity contribution < 1.29 is 4.79 Å². The van der Waals surface area contributed by atoms with Crippen molar-refractivity contribution in [3.8, 4) is 0 Å². The highest BCUT2D eigenvalue weighted by Gasteiger charge is 2.21. The number of anilines is 1. The third-order valence-electron chi connectivity index (χ3n) is 3.49. The van der Waals surface area contributed by atoms with Crippen LogP contribution in [0.2, 0.25) is 5.02 Å². The average molecular weight is 296 g/mol. The predicted octanol–water partition coefficient (Wildman–Crippen LogP) is 2.39. The van der Waals surface area contributed by atoms with E-state index < -0.39 is 6.04 Å². The summed E-state index contributed by atoms with van der Waals surface area (Å²) >= 11 is 5.96. The number of amides is 1. The van der Waals surface area contributed by atoms with Crippen molar-refractivity contribution >= 4 is 23.2 Å². The molecule has 108 valence electrons. The molecule has 6 nitrogen and oxygen atoms in total. The summed E-state index contributed by atoms with van der Waals surface area (Å²) in [6.45, 7) is 7.39. The van der Waals surface area contributed by atoms with Crippen LogP contribution in [0.1, 0.15) is 30.0 Å². The zero-order valence-corrected chi connectivity index (χ0v) is 13.0. The van der Waals surface area contributed by atoms with Gasteiger partial charge in [-0.3, -0.25) is 14.2 Å². The minimum Gasteiger partial charge on any atom is -0.321 e. The van der Waals surface area contributed by atoms with Crippen molar-refractivity contribution in [2.24, 2.45) is 7.05 Å². The first-order valence-corrected chi connectivity index (χ1v) is 6.71. The van der Waals surface area contributed by atoms with Gasteiger partial charge in [-0.1, -0.05) is 11.6 Å². The van der Waals surface area contributed by atoms with Crippen molar-refractivity contribution in [2.45, 2.75) is 33.7 Å². The minimum atomic E-state index is -0.443. The molecular formula is C13H18ClN5O. The number of nitrogens with one attached hydrogen (secondary N) is 1. The van der Waals surface area contributed by atoms with Crippen molar-refractivity contribution in [1.82, 2.24) is 19.6 Å². The number of nitrogens with zero attached hydrogens (tertiary/aromatic N) is 4. The normalized spacial score (nSPS) is 12.5. The Hall–Kier alpha value is -1.82. The summed E-state index contributed by atoms with van der Waals surface area (Å²) in [5, 5.41) is 11.9. The summed E-state index contributed by atoms with van der Waals surface area (Å²) < 4.78 is 3.35. The Bertz CT molecular complexity index is 658. The van der Waals surface area contributed by atoms with Crippen LogP contribution in [0.4, 0.5) is 5.69 Å². The first-order valence-electron chi connectivity index (χ1n) is 6.33. The van der Waals surface area contributed by atoms with Gasteiger partial charge in [0.25, 0.3) is 0 Å². The second kappa shape index (κ2) is 5.28. The van der Waals surface area contributed by atoms with E-state index in [0.29, 0.717) is 5.02 Å². The highest BCUT2D eigenvalue weighted by Crippen LogP contribution is 2.22. The van der Waals surface area contributed by atoms with E-state index in [2.05, 4.69) is 15.5 Å². The maximum absolute atomic E-state index is 12.3. The zero-order valence-electron chi connectivity index (χ0n) is 12.2. The highest BCUT2D eigenvalue weighted by molar-refractivity contribution is 6.31. The fourth-order valence-corrected chi connectivity index (χ4v) is 2.22. The molecule has 2 heterocycles. The van der Waals surface area contributed by atoms with E-state index >= 15 is 0 Å². The van der Waals surface area contributed by atoms with Gasteiger partial charge in [-0.15, -0.1) is 0 Å². The molecule has 0 aliphatic rings. The maximum atomic E-state index is 12.3. The molecule has 0 aliphatic carbocycles. The van der Waals surface area contributed by atoms with Gasteiger partial charge in [0, 0.05) is 7.05 Å². The largest absolute Gasteiger partial charge is 0.321 e. The highest BCUT2D eigenvalue weighted by atomic mass is 35.5. The van der Waals surface area contributed by atoms with Gasteiger partial charge in [0.05, 0.1) is 34.0 Å². The number of carbonyl (C=O) groups excluding carboxylic acids is 1. The quantitative estimate of drug-likeness (QED) is 0.945. The fraction of sp³-hybridized carbons (Fsp3) is 0.462. The molecule has 2 rings (SSSR count). The van der Waals surface area contributed by atoms with Crippen LogP contribution in [-0.4, -0.2) is 25.5 Å². The lowest BCUT2D eigenvalue weighted by atomic mass is 10.2. The fourth-order valence-electron chi connectivity index (χ4n) is 2.09. The number of aromatic nitrogens is 4. The molecule has 0 aliphatic heterocycles. The number of carbonyl (C=O) groups is 1. The van der Waals surface area contributed by atoms with Crippen LogP contribution < -0.4 is 5.32 Å². The van der Waals surface area contributed by atoms with Crippen molar-refractivity contribution in [3.05, 3.63) is 28.3 Å². The van der Waals surface area contributed by atoms with E-state index in [0.717, 1.165) is 22.8 Å². The van der Waals surface area contributed by atoms with Crippen LogP contribution in [-0.2, 0) is 11.8 Å². The lowest BCUT2D eigenvalue weighted by molar-refractivity contribution is -0.119. The smallest absolute Gasteiger partial charge is 0.249 e. The monoisotopic (exact) mass is 295 g/mol. The van der Waals surface area contributed by atoms with Gasteiger partial charge in [0.2, 0.25) is 5.91 Å². The molecule has 0 saturated heterocycles. The van der Waals surface area contributed by atoms with E-state index in [1.165, 1.54) is 0 Å². The van der Waals surface area contributed by atoms with E-state index in [9.17, 15) is 4.79 Å². The van der Waals surface area contributed by atoms with Gasteiger partial charge in [-0.2, -0.15) is 10.2 Å². The molecule has 0 spiro atoms. The third kappa shape index (κ3) is 2.43. The second-order valence-electron chi connectivity index (χ2n) is 4.86. The van der Waals surface area contributed by atoms with Crippen LogP contribution >= 0.6 is 11.6 Å². The summed E-state index contributed by atoms with van der Waals surface area (Å²) in [6.07, 6.45) is 1.54. The molecule has 0 bridgehead atoms. The summed E-state index contributed by atoms with van der Waals surface area (Å²) in [7, 11) is 1.85. The van der Waals surface area contributed by atoms with Crippen LogP contribution in [0.3, 0.4) is 0 Å². The van der Waals surface area contributed by atoms with E-state index in [-0.39, 0.29) is 5.91 Å². The minimum absolute atomic E-state index is 0.146. The maximum Gasteiger partial charge on any atom is 0.249 e. The molecule has 1 N–H and O–H groups in total. The van der Waals surface area contributed by atoms with Gasteiger partial charge in [0.1, 0.15) is 6.04 Å². The molecule has 0 aromatic carbocycles. The molecule has 7 heteroatoms. The van der Waals surface area contributed by atoms with Crippen molar-refractivity contribution in [2.75, 3.05) is 5.32 Å². The first-order chi connectivity index (χ1) is 9.32. The van der Waals surface area contributed by atoms with E-state index in [4.69, 9.17) is 11.6 Å². The summed E-state index contributed by atoms with van der Waals surface area (Å²) in [5.74, 6) is -0.146. The molecular weight excluding hydrogens is 278 g/mol. The van der Waals surface area contributed by atoms with Crippen LogP contribution in [0, 0.1) is 20.8 Å². The van der Waals surface area contributed by atoms with Gasteiger partial charge < -0.3 is 5.32 Å². The van der Waals surface area contributed by atoms with Gasteiger partial charge in [-0.05, 0) is 27.7 Å². The Morgan fingerprint density at radius 2 is 2.00 bits per heavy atom. The Kier molecular flexibility index (Phi) is 3.85. The number of aryl methyl sites for hydroxylation is 2. The Labute approximate surface area is 122 Å². The summed E-state index contributed by atoms with van der Waals surface area (Å²) in [4.78, 5) is 12.3. The number of rotatable bonds is 3. The molecule has 0 fully saturated rings. The van der Waals surface area contributed by atoms with Gasteiger partial charge >= 0.3 is 0 Å². The summed E-state index contributed by atoms with van der Waals surface area (Å²) in [5.41, 5.74) is 3.23. The molecule has 2 aromatic heterocycles. The van der Waals surface area contributed by atoms with Gasteiger partial charge in [0.15, 0.2) is 0 Å². The first kappa shape index (κ1) is 14.6. The van der Waals surface area contributed by atoms with Crippen LogP contribution in [0.25, 0.3) is 0 Å². The SMILES string of the molecule is Cc1nn(C)c(C)c1NC(=O)C(C)n1ncc(Cl)c1C. The average Bonchev–Trinajstić information content (AvgIpc) is 2.84. The van der Waals surface area contributed by atoms with Crippen LogP contribution in [0.5, 0.6) is 0 Å². The van der Waals surface area contributed by atoms with Gasteiger partial charge in [-0.25, -0.2) is 0 Å². The lowest BCUT2D eigenvalue weighted by Gasteiger charge is -2.14. The molecule has 20 heavy (non-hydrogen) atoms. The lowest BCUT2D eigenvalue weighted by Crippen LogP contribution is -2.25. The van der Waals surface area contributed by atoms with E-state index in [1.54, 1.807) is 22.5 Å². The number of hydrogen-bond acceptors (Lipinski definition) is 3. The van der Waals surface area contributed by atoms with Crippen molar-refractivity contribution in [1.29, 1.82) is 0 Å². The number of halogens is 1. The zero-order chi connectivity index (χ0) is 15.0. The standard InChI is InChI=1S/C13H18ClN5O/c1-7-12(9(3)18(5)17-7)16-13(20)10(4)19-8(2)11(14)6-15-19/h6,10H,1-5H3,(H,16,20). The van der Waals surface area contributed by atoms with E-state index in [1.807, 2.05) is 27.8 Å². The molecule has 1 unspecified atom stereocenters. The Morgan fingerprint density at radius 1 is 1.35 bits per heavy atom. The molecule has 0 radical (unpaired) electrons. The topological polar surface area (TPSA) is 64.7 Å². The third-order valence-corrected chi connectivity index (χ3v) is 3.86. The number of hydrogen-bond donors (Lipinski definition) is 1. The molecule has 1 amide bonds. The van der Waals surface area contributed by atoms with Crippen LogP contribution in [0.15, 0.2) is 6.20 Å².